The molecule has 0 amide bonds. The molecule has 0 aliphatic carbocycles. The first-order chi connectivity index (χ1) is 12.3. The Morgan fingerprint density at radius 3 is 2.80 bits per heavy atom. The summed E-state index contributed by atoms with van der Waals surface area (Å²) in [5, 5.41) is 0. The molecule has 0 unspecified atom stereocenters. The standard InChI is InChI=1S/C20H25N5/c1-23-9-8-18-17(12-23)20(22-14-21-18)24-11-15-7-10-25(19(15)13-24)16-5-3-2-4-6-16/h2-6,14-15,19H,7-13H2,1H3/t15-,19-/m0/s1. The van der Waals surface area contributed by atoms with Gasteiger partial charge in [0.15, 0.2) is 0 Å². The highest BCUT2D eigenvalue weighted by Crippen LogP contribution is 2.38. The Labute approximate surface area is 149 Å². The second-order valence-electron chi connectivity index (χ2n) is 7.66. The highest BCUT2D eigenvalue weighted by molar-refractivity contribution is 5.54. The second kappa shape index (κ2) is 5.99. The quantitative estimate of drug-likeness (QED) is 0.841. The fraction of sp³-hybridized carbons (Fsp3) is 0.500. The zero-order chi connectivity index (χ0) is 16.8. The third-order valence-electron chi connectivity index (χ3n) is 6.11. The molecule has 2 fully saturated rings. The molecule has 2 saturated heterocycles. The first-order valence-corrected chi connectivity index (χ1v) is 9.37. The number of hydrogen-bond donors (Lipinski definition) is 0. The van der Waals surface area contributed by atoms with E-state index in [0.29, 0.717) is 6.04 Å². The molecule has 25 heavy (non-hydrogen) atoms. The molecule has 0 radical (unpaired) electrons. The lowest BCUT2D eigenvalue weighted by Gasteiger charge is -2.30. The van der Waals surface area contributed by atoms with Gasteiger partial charge in [0.25, 0.3) is 0 Å². The Morgan fingerprint density at radius 1 is 1.04 bits per heavy atom. The average Bonchev–Trinajstić information content (AvgIpc) is 3.22. The number of fused-ring (bicyclic) bond motifs is 2. The summed E-state index contributed by atoms with van der Waals surface area (Å²) in [6.45, 7) is 5.45. The molecule has 1 aromatic heterocycles. The first kappa shape index (κ1) is 15.1. The van der Waals surface area contributed by atoms with Gasteiger partial charge in [0.1, 0.15) is 12.1 Å². The van der Waals surface area contributed by atoms with E-state index in [4.69, 9.17) is 4.98 Å². The first-order valence-electron chi connectivity index (χ1n) is 9.37. The van der Waals surface area contributed by atoms with Crippen LogP contribution in [0.25, 0.3) is 0 Å². The normalized spacial score (nSPS) is 26.0. The fourth-order valence-electron chi connectivity index (χ4n) is 4.81. The van der Waals surface area contributed by atoms with Crippen molar-refractivity contribution in [2.75, 3.05) is 43.0 Å². The van der Waals surface area contributed by atoms with Crippen LogP contribution in [0.5, 0.6) is 0 Å². The van der Waals surface area contributed by atoms with Crippen molar-refractivity contribution in [3.63, 3.8) is 0 Å². The molecular formula is C20H25N5. The van der Waals surface area contributed by atoms with Crippen LogP contribution in [0, 0.1) is 5.92 Å². The van der Waals surface area contributed by atoms with Crippen molar-refractivity contribution in [1.29, 1.82) is 0 Å². The lowest BCUT2D eigenvalue weighted by Crippen LogP contribution is -2.36. The molecule has 5 rings (SSSR count). The van der Waals surface area contributed by atoms with E-state index < -0.39 is 0 Å². The van der Waals surface area contributed by atoms with Crippen molar-refractivity contribution in [3.05, 3.63) is 47.9 Å². The molecule has 3 aliphatic heterocycles. The summed E-state index contributed by atoms with van der Waals surface area (Å²) in [7, 11) is 2.19. The third-order valence-corrected chi connectivity index (χ3v) is 6.11. The molecule has 2 aromatic rings. The molecule has 130 valence electrons. The molecule has 0 bridgehead atoms. The Hall–Kier alpha value is -2.14. The van der Waals surface area contributed by atoms with E-state index in [-0.39, 0.29) is 0 Å². The zero-order valence-electron chi connectivity index (χ0n) is 14.8. The van der Waals surface area contributed by atoms with E-state index in [0.717, 1.165) is 38.5 Å². The minimum atomic E-state index is 0.606. The number of para-hydroxylation sites is 1. The Morgan fingerprint density at radius 2 is 1.92 bits per heavy atom. The Kier molecular flexibility index (Phi) is 3.63. The van der Waals surface area contributed by atoms with Crippen LogP contribution in [-0.2, 0) is 13.0 Å². The molecule has 0 N–H and O–H groups in total. The minimum absolute atomic E-state index is 0.606. The van der Waals surface area contributed by atoms with Gasteiger partial charge in [-0.25, -0.2) is 9.97 Å². The number of hydrogen-bond acceptors (Lipinski definition) is 5. The van der Waals surface area contributed by atoms with Crippen LogP contribution < -0.4 is 9.80 Å². The summed E-state index contributed by atoms with van der Waals surface area (Å²) in [6.07, 6.45) is 4.09. The van der Waals surface area contributed by atoms with Crippen LogP contribution in [0.3, 0.4) is 0 Å². The summed E-state index contributed by atoms with van der Waals surface area (Å²) in [5.74, 6) is 1.92. The van der Waals surface area contributed by atoms with E-state index in [1.807, 2.05) is 0 Å². The van der Waals surface area contributed by atoms with Gasteiger partial charge >= 0.3 is 0 Å². The van der Waals surface area contributed by atoms with Crippen molar-refractivity contribution in [2.45, 2.75) is 25.4 Å². The largest absolute Gasteiger partial charge is 0.366 e. The van der Waals surface area contributed by atoms with Crippen LogP contribution >= 0.6 is 0 Å². The lowest BCUT2D eigenvalue weighted by molar-refractivity contribution is 0.309. The van der Waals surface area contributed by atoms with Crippen molar-refractivity contribution in [1.82, 2.24) is 14.9 Å². The van der Waals surface area contributed by atoms with Gasteiger partial charge in [-0.2, -0.15) is 0 Å². The highest BCUT2D eigenvalue weighted by atomic mass is 15.3. The van der Waals surface area contributed by atoms with Crippen molar-refractivity contribution in [3.8, 4) is 0 Å². The predicted molar refractivity (Wildman–Crippen MR) is 100.0 cm³/mol. The Bertz CT molecular complexity index is 762. The lowest BCUT2D eigenvalue weighted by atomic mass is 10.0. The Balaban J connectivity index is 1.42. The van der Waals surface area contributed by atoms with Gasteiger partial charge in [-0.05, 0) is 25.6 Å². The van der Waals surface area contributed by atoms with Gasteiger partial charge < -0.3 is 14.7 Å². The van der Waals surface area contributed by atoms with E-state index in [2.05, 4.69) is 57.1 Å². The summed E-state index contributed by atoms with van der Waals surface area (Å²) in [6, 6.07) is 11.5. The van der Waals surface area contributed by atoms with Crippen molar-refractivity contribution < 1.29 is 0 Å². The van der Waals surface area contributed by atoms with E-state index in [9.17, 15) is 0 Å². The minimum Gasteiger partial charge on any atom is -0.366 e. The molecule has 0 spiro atoms. The highest BCUT2D eigenvalue weighted by Gasteiger charge is 2.42. The fourth-order valence-corrected chi connectivity index (χ4v) is 4.81. The predicted octanol–water partition coefficient (Wildman–Crippen LogP) is 2.18. The van der Waals surface area contributed by atoms with E-state index in [1.54, 1.807) is 6.33 Å². The van der Waals surface area contributed by atoms with Gasteiger partial charge in [0.05, 0.1) is 11.7 Å². The molecule has 1 aromatic carbocycles. The molecule has 2 atom stereocenters. The summed E-state index contributed by atoms with van der Waals surface area (Å²) >= 11 is 0. The van der Waals surface area contributed by atoms with Gasteiger partial charge in [0, 0.05) is 56.3 Å². The molecule has 0 saturated carbocycles. The van der Waals surface area contributed by atoms with Gasteiger partial charge in [-0.3, -0.25) is 0 Å². The smallest absolute Gasteiger partial charge is 0.136 e. The maximum Gasteiger partial charge on any atom is 0.136 e. The summed E-state index contributed by atoms with van der Waals surface area (Å²) in [4.78, 5) is 16.7. The molecule has 4 heterocycles. The third kappa shape index (κ3) is 2.58. The van der Waals surface area contributed by atoms with Crippen molar-refractivity contribution >= 4 is 11.5 Å². The molecular weight excluding hydrogens is 310 g/mol. The monoisotopic (exact) mass is 335 g/mol. The zero-order valence-corrected chi connectivity index (χ0v) is 14.8. The number of nitrogens with zero attached hydrogens (tertiary/aromatic N) is 5. The average molecular weight is 335 g/mol. The number of likely N-dealkylation sites (N-methyl/N-ethyl adjacent to an activating group) is 1. The van der Waals surface area contributed by atoms with Crippen LogP contribution in [0.1, 0.15) is 17.7 Å². The van der Waals surface area contributed by atoms with Crippen molar-refractivity contribution in [2.24, 2.45) is 5.92 Å². The summed E-state index contributed by atoms with van der Waals surface area (Å²) in [5.41, 5.74) is 3.96. The summed E-state index contributed by atoms with van der Waals surface area (Å²) < 4.78 is 0. The molecule has 3 aliphatic rings. The van der Waals surface area contributed by atoms with Crippen LogP contribution in [0.2, 0.25) is 0 Å². The number of aromatic nitrogens is 2. The topological polar surface area (TPSA) is 35.5 Å². The maximum absolute atomic E-state index is 4.70. The van der Waals surface area contributed by atoms with E-state index in [1.165, 1.54) is 35.7 Å². The van der Waals surface area contributed by atoms with Crippen LogP contribution in [0.15, 0.2) is 36.7 Å². The van der Waals surface area contributed by atoms with Gasteiger partial charge in [-0.15, -0.1) is 0 Å². The second-order valence-corrected chi connectivity index (χ2v) is 7.66. The van der Waals surface area contributed by atoms with Crippen LogP contribution in [-0.4, -0.2) is 54.1 Å². The number of benzene rings is 1. The van der Waals surface area contributed by atoms with Crippen LogP contribution in [0.4, 0.5) is 11.5 Å². The number of rotatable bonds is 2. The molecule has 5 nitrogen and oxygen atoms in total. The van der Waals surface area contributed by atoms with E-state index >= 15 is 0 Å². The SMILES string of the molecule is CN1CCc2ncnc(N3C[C@@H]4CCN(c5ccccc5)[C@H]4C3)c2C1. The van der Waals surface area contributed by atoms with Gasteiger partial charge in [0.2, 0.25) is 0 Å². The molecule has 5 heteroatoms. The van der Waals surface area contributed by atoms with Gasteiger partial charge in [-0.1, -0.05) is 18.2 Å². The number of anilines is 2. The maximum atomic E-state index is 4.70.